The predicted molar refractivity (Wildman–Crippen MR) is 80.8 cm³/mol. The minimum atomic E-state index is 0.372. The van der Waals surface area contributed by atoms with Crippen LogP contribution in [0, 0.1) is 0 Å². The summed E-state index contributed by atoms with van der Waals surface area (Å²) in [6.45, 7) is 4.56. The van der Waals surface area contributed by atoms with E-state index < -0.39 is 0 Å². The van der Waals surface area contributed by atoms with E-state index in [-0.39, 0.29) is 0 Å². The second kappa shape index (κ2) is 8.92. The van der Waals surface area contributed by atoms with Gasteiger partial charge in [0.2, 0.25) is 0 Å². The Morgan fingerprint density at radius 2 is 1.28 bits per heavy atom. The first-order valence-corrected chi connectivity index (χ1v) is 8.10. The van der Waals surface area contributed by atoms with E-state index in [2.05, 4.69) is 25.8 Å². The molecule has 1 rings (SSSR count). The van der Waals surface area contributed by atoms with Crippen LogP contribution >= 0.6 is 0 Å². The molecule has 0 aromatic rings. The Bertz CT molecular complexity index is 203. The van der Waals surface area contributed by atoms with E-state index in [1.54, 1.807) is 0 Å². The van der Waals surface area contributed by atoms with E-state index in [1.807, 2.05) is 0 Å². The van der Waals surface area contributed by atoms with E-state index in [4.69, 9.17) is 5.73 Å². The van der Waals surface area contributed by atoms with Gasteiger partial charge in [0, 0.05) is 18.1 Å². The molecule has 1 aliphatic carbocycles. The molecule has 2 nitrogen and oxygen atoms in total. The molecule has 18 heavy (non-hydrogen) atoms. The zero-order valence-corrected chi connectivity index (χ0v) is 12.8. The molecule has 1 saturated carbocycles. The lowest BCUT2D eigenvalue weighted by atomic mass is 9.93. The predicted octanol–water partition coefficient (Wildman–Crippen LogP) is 3.94. The van der Waals surface area contributed by atoms with Crippen LogP contribution in [-0.2, 0) is 0 Å². The van der Waals surface area contributed by atoms with E-state index in [0.29, 0.717) is 18.1 Å². The molecule has 1 fully saturated rings. The van der Waals surface area contributed by atoms with Crippen molar-refractivity contribution >= 4 is 0 Å². The summed E-state index contributed by atoms with van der Waals surface area (Å²) in [6, 6.07) is 1.57. The molecule has 0 aromatic carbocycles. The lowest BCUT2D eigenvalue weighted by Crippen LogP contribution is -2.48. The van der Waals surface area contributed by atoms with Crippen molar-refractivity contribution < 1.29 is 0 Å². The molecular weight excluding hydrogens is 220 g/mol. The molecule has 108 valence electrons. The molecule has 2 N–H and O–H groups in total. The largest absolute Gasteiger partial charge is 0.326 e. The minimum absolute atomic E-state index is 0.372. The second-order valence-corrected chi connectivity index (χ2v) is 6.40. The third-order valence-corrected chi connectivity index (χ3v) is 4.62. The highest BCUT2D eigenvalue weighted by atomic mass is 15.2. The normalized spacial score (nSPS) is 29.0. The maximum atomic E-state index is 6.46. The standard InChI is InChI=1S/C16H34N2/c1-14(2)18(3)16-13-11-9-7-5-4-6-8-10-12-15(16)17/h14-16H,4-13,17H2,1-3H3. The number of hydrogen-bond acceptors (Lipinski definition) is 2. The maximum absolute atomic E-state index is 6.46. The summed E-state index contributed by atoms with van der Waals surface area (Å²) in [5.41, 5.74) is 6.46. The quantitative estimate of drug-likeness (QED) is 0.809. The smallest absolute Gasteiger partial charge is 0.0246 e. The fourth-order valence-electron chi connectivity index (χ4n) is 3.09. The summed E-state index contributed by atoms with van der Waals surface area (Å²) in [5, 5.41) is 0. The molecule has 0 spiro atoms. The van der Waals surface area contributed by atoms with Gasteiger partial charge in [0.15, 0.2) is 0 Å². The average Bonchev–Trinajstić information content (AvgIpc) is 2.33. The zero-order chi connectivity index (χ0) is 13.4. The van der Waals surface area contributed by atoms with Crippen LogP contribution in [0.1, 0.15) is 78.1 Å². The fourth-order valence-corrected chi connectivity index (χ4v) is 3.09. The lowest BCUT2D eigenvalue weighted by Gasteiger charge is -2.36. The Balaban J connectivity index is 2.51. The van der Waals surface area contributed by atoms with Gasteiger partial charge in [-0.15, -0.1) is 0 Å². The Kier molecular flexibility index (Phi) is 7.92. The zero-order valence-electron chi connectivity index (χ0n) is 12.8. The number of rotatable bonds is 2. The van der Waals surface area contributed by atoms with Gasteiger partial charge >= 0.3 is 0 Å². The lowest BCUT2D eigenvalue weighted by molar-refractivity contribution is 0.152. The molecule has 0 radical (unpaired) electrons. The third kappa shape index (κ3) is 5.71. The van der Waals surface area contributed by atoms with E-state index in [1.165, 1.54) is 64.2 Å². The first-order valence-electron chi connectivity index (χ1n) is 8.10. The highest BCUT2D eigenvalue weighted by Gasteiger charge is 2.23. The van der Waals surface area contributed by atoms with Crippen molar-refractivity contribution in [2.75, 3.05) is 7.05 Å². The van der Waals surface area contributed by atoms with Crippen LogP contribution in [0.15, 0.2) is 0 Å². The number of nitrogens with zero attached hydrogens (tertiary/aromatic N) is 1. The molecule has 0 saturated heterocycles. The first kappa shape index (κ1) is 16.0. The van der Waals surface area contributed by atoms with Crippen LogP contribution in [0.4, 0.5) is 0 Å². The summed E-state index contributed by atoms with van der Waals surface area (Å²) in [4.78, 5) is 2.50. The Hall–Kier alpha value is -0.0800. The molecule has 2 unspecified atom stereocenters. The van der Waals surface area contributed by atoms with Gasteiger partial charge in [-0.2, -0.15) is 0 Å². The second-order valence-electron chi connectivity index (χ2n) is 6.40. The summed E-state index contributed by atoms with van der Waals surface area (Å²) in [6.07, 6.45) is 13.7. The highest BCUT2D eigenvalue weighted by Crippen LogP contribution is 2.20. The monoisotopic (exact) mass is 254 g/mol. The summed E-state index contributed by atoms with van der Waals surface area (Å²) in [5.74, 6) is 0. The molecular formula is C16H34N2. The molecule has 2 heteroatoms. The number of nitrogens with two attached hydrogens (primary N) is 1. The molecule has 2 atom stereocenters. The van der Waals surface area contributed by atoms with Crippen LogP contribution in [0.2, 0.25) is 0 Å². The van der Waals surface area contributed by atoms with Gasteiger partial charge in [0.1, 0.15) is 0 Å². The van der Waals surface area contributed by atoms with Crippen molar-refractivity contribution in [3.63, 3.8) is 0 Å². The highest BCUT2D eigenvalue weighted by molar-refractivity contribution is 4.82. The van der Waals surface area contributed by atoms with Crippen molar-refractivity contribution in [2.45, 2.75) is 96.2 Å². The minimum Gasteiger partial charge on any atom is -0.326 e. The third-order valence-electron chi connectivity index (χ3n) is 4.62. The maximum Gasteiger partial charge on any atom is 0.0246 e. The summed E-state index contributed by atoms with van der Waals surface area (Å²) >= 11 is 0. The van der Waals surface area contributed by atoms with Crippen molar-refractivity contribution in [1.82, 2.24) is 4.90 Å². The first-order chi connectivity index (χ1) is 8.63. The molecule has 0 heterocycles. The molecule has 1 aliphatic rings. The van der Waals surface area contributed by atoms with Gasteiger partial charge in [0.25, 0.3) is 0 Å². The van der Waals surface area contributed by atoms with E-state index in [9.17, 15) is 0 Å². The van der Waals surface area contributed by atoms with Crippen LogP contribution in [0.25, 0.3) is 0 Å². The van der Waals surface area contributed by atoms with Crippen molar-refractivity contribution in [3.05, 3.63) is 0 Å². The van der Waals surface area contributed by atoms with Crippen LogP contribution in [-0.4, -0.2) is 30.1 Å². The van der Waals surface area contributed by atoms with Gasteiger partial charge in [-0.3, -0.25) is 4.90 Å². The fraction of sp³-hybridized carbons (Fsp3) is 1.00. The van der Waals surface area contributed by atoms with Crippen molar-refractivity contribution in [1.29, 1.82) is 0 Å². The topological polar surface area (TPSA) is 29.3 Å². The van der Waals surface area contributed by atoms with Crippen molar-refractivity contribution in [2.24, 2.45) is 5.73 Å². The summed E-state index contributed by atoms with van der Waals surface area (Å²) in [7, 11) is 2.25. The Labute approximate surface area is 114 Å². The molecule has 0 aromatic heterocycles. The van der Waals surface area contributed by atoms with Gasteiger partial charge in [0.05, 0.1) is 0 Å². The van der Waals surface area contributed by atoms with Gasteiger partial charge in [-0.05, 0) is 33.7 Å². The number of hydrogen-bond donors (Lipinski definition) is 1. The van der Waals surface area contributed by atoms with Gasteiger partial charge in [-0.25, -0.2) is 0 Å². The molecule has 0 aliphatic heterocycles. The Morgan fingerprint density at radius 1 is 0.833 bits per heavy atom. The Morgan fingerprint density at radius 3 is 1.78 bits per heavy atom. The van der Waals surface area contributed by atoms with E-state index >= 15 is 0 Å². The van der Waals surface area contributed by atoms with E-state index in [0.717, 1.165) is 0 Å². The van der Waals surface area contributed by atoms with Crippen LogP contribution < -0.4 is 5.73 Å². The van der Waals surface area contributed by atoms with Gasteiger partial charge < -0.3 is 5.73 Å². The SMILES string of the molecule is CC(C)N(C)C1CCCCCCCCCCC1N. The molecule has 0 bridgehead atoms. The van der Waals surface area contributed by atoms with Crippen molar-refractivity contribution in [3.8, 4) is 0 Å². The van der Waals surface area contributed by atoms with Crippen LogP contribution in [0.5, 0.6) is 0 Å². The molecule has 0 amide bonds. The number of likely N-dealkylation sites (N-methyl/N-ethyl adjacent to an activating group) is 1. The average molecular weight is 254 g/mol. The van der Waals surface area contributed by atoms with Crippen LogP contribution in [0.3, 0.4) is 0 Å². The summed E-state index contributed by atoms with van der Waals surface area (Å²) < 4.78 is 0. The van der Waals surface area contributed by atoms with Gasteiger partial charge in [-0.1, -0.05) is 51.4 Å².